The third-order valence-electron chi connectivity index (χ3n) is 5.69. The number of aliphatic imine (C=N–C) groups is 1. The molecule has 0 radical (unpaired) electrons. The van der Waals surface area contributed by atoms with Gasteiger partial charge in [0, 0.05) is 18.8 Å². The Bertz CT molecular complexity index is 859. The maximum absolute atomic E-state index is 13.2. The van der Waals surface area contributed by atoms with Crippen LogP contribution in [-0.4, -0.2) is 36.3 Å². The van der Waals surface area contributed by atoms with Gasteiger partial charge in [0.05, 0.1) is 12.4 Å². The SMILES string of the molecule is CC1=NCCN1CCCC1(c2ccccc2)C(=O)Nc2ccc(C)cc21. The standard InChI is InChI=1S/C22H25N3O/c1-16-9-10-20-19(15-16)22(21(26)24-20,18-7-4-3-5-8-18)11-6-13-25-14-12-23-17(25)2/h3-5,7-10,15H,6,11-14H2,1-2H3,(H,24,26). The highest BCUT2D eigenvalue weighted by atomic mass is 16.2. The zero-order valence-corrected chi connectivity index (χ0v) is 15.5. The van der Waals surface area contributed by atoms with Crippen molar-refractivity contribution in [1.82, 2.24) is 4.90 Å². The van der Waals surface area contributed by atoms with Gasteiger partial charge in [0.15, 0.2) is 0 Å². The Morgan fingerprint density at radius 2 is 1.96 bits per heavy atom. The van der Waals surface area contributed by atoms with Gasteiger partial charge >= 0.3 is 0 Å². The summed E-state index contributed by atoms with van der Waals surface area (Å²) in [6.45, 7) is 6.98. The number of hydrogen-bond acceptors (Lipinski definition) is 3. The van der Waals surface area contributed by atoms with Crippen molar-refractivity contribution in [2.75, 3.05) is 25.0 Å². The zero-order valence-electron chi connectivity index (χ0n) is 15.5. The quantitative estimate of drug-likeness (QED) is 0.895. The molecule has 0 saturated carbocycles. The first-order valence-electron chi connectivity index (χ1n) is 9.35. The Hall–Kier alpha value is -2.62. The van der Waals surface area contributed by atoms with Crippen LogP contribution >= 0.6 is 0 Å². The molecule has 0 spiro atoms. The van der Waals surface area contributed by atoms with E-state index < -0.39 is 5.41 Å². The van der Waals surface area contributed by atoms with Gasteiger partial charge in [0.2, 0.25) is 5.91 Å². The van der Waals surface area contributed by atoms with Crippen LogP contribution in [0.2, 0.25) is 0 Å². The summed E-state index contributed by atoms with van der Waals surface area (Å²) in [5.41, 5.74) is 3.72. The first kappa shape index (κ1) is 16.8. The molecule has 134 valence electrons. The van der Waals surface area contributed by atoms with Gasteiger partial charge < -0.3 is 10.2 Å². The average Bonchev–Trinajstić information content (AvgIpc) is 3.17. The van der Waals surface area contributed by atoms with Crippen LogP contribution in [0.15, 0.2) is 53.5 Å². The van der Waals surface area contributed by atoms with Crippen molar-refractivity contribution in [2.24, 2.45) is 4.99 Å². The van der Waals surface area contributed by atoms with Gasteiger partial charge in [0.1, 0.15) is 5.41 Å². The Balaban J connectivity index is 1.69. The zero-order chi connectivity index (χ0) is 18.1. The summed E-state index contributed by atoms with van der Waals surface area (Å²) in [6.07, 6.45) is 1.74. The van der Waals surface area contributed by atoms with Crippen molar-refractivity contribution in [3.8, 4) is 0 Å². The lowest BCUT2D eigenvalue weighted by Crippen LogP contribution is -2.37. The van der Waals surface area contributed by atoms with Crippen molar-refractivity contribution in [2.45, 2.75) is 32.1 Å². The van der Waals surface area contributed by atoms with Crippen molar-refractivity contribution in [1.29, 1.82) is 0 Å². The van der Waals surface area contributed by atoms with E-state index in [2.05, 4.69) is 53.3 Å². The van der Waals surface area contributed by atoms with E-state index in [1.165, 1.54) is 5.56 Å². The predicted octanol–water partition coefficient (Wildman–Crippen LogP) is 3.75. The number of aryl methyl sites for hydroxylation is 1. The van der Waals surface area contributed by atoms with E-state index in [0.29, 0.717) is 0 Å². The van der Waals surface area contributed by atoms with Gasteiger partial charge in [-0.25, -0.2) is 0 Å². The molecule has 4 heteroatoms. The van der Waals surface area contributed by atoms with Crippen molar-refractivity contribution < 1.29 is 4.79 Å². The van der Waals surface area contributed by atoms with E-state index in [4.69, 9.17) is 0 Å². The maximum Gasteiger partial charge on any atom is 0.239 e. The number of fused-ring (bicyclic) bond motifs is 1. The first-order chi connectivity index (χ1) is 12.6. The van der Waals surface area contributed by atoms with Crippen molar-refractivity contribution in [3.05, 3.63) is 65.2 Å². The van der Waals surface area contributed by atoms with Crippen molar-refractivity contribution in [3.63, 3.8) is 0 Å². The largest absolute Gasteiger partial charge is 0.359 e. The predicted molar refractivity (Wildman–Crippen MR) is 106 cm³/mol. The number of amidine groups is 1. The molecule has 1 atom stereocenters. The van der Waals surface area contributed by atoms with E-state index in [0.717, 1.165) is 55.1 Å². The molecule has 1 N–H and O–H groups in total. The minimum Gasteiger partial charge on any atom is -0.359 e. The van der Waals surface area contributed by atoms with Gasteiger partial charge in [0.25, 0.3) is 0 Å². The van der Waals surface area contributed by atoms with Crippen LogP contribution in [0.4, 0.5) is 5.69 Å². The van der Waals surface area contributed by atoms with E-state index in [1.54, 1.807) is 0 Å². The van der Waals surface area contributed by atoms with Crippen LogP contribution in [0.3, 0.4) is 0 Å². The monoisotopic (exact) mass is 347 g/mol. The Morgan fingerprint density at radius 1 is 1.15 bits per heavy atom. The van der Waals surface area contributed by atoms with Gasteiger partial charge in [-0.1, -0.05) is 48.0 Å². The normalized spacial score (nSPS) is 21.5. The molecule has 0 saturated heterocycles. The number of rotatable bonds is 5. The summed E-state index contributed by atoms with van der Waals surface area (Å²) in [5, 5.41) is 3.12. The number of nitrogens with zero attached hydrogens (tertiary/aromatic N) is 2. The molecule has 0 aromatic heterocycles. The van der Waals surface area contributed by atoms with Gasteiger partial charge in [-0.2, -0.15) is 0 Å². The van der Waals surface area contributed by atoms with Gasteiger partial charge in [-0.15, -0.1) is 0 Å². The third-order valence-corrected chi connectivity index (χ3v) is 5.69. The molecular weight excluding hydrogens is 322 g/mol. The minimum atomic E-state index is -0.604. The lowest BCUT2D eigenvalue weighted by Gasteiger charge is -2.29. The fraction of sp³-hybridized carbons (Fsp3) is 0.364. The minimum absolute atomic E-state index is 0.0936. The van der Waals surface area contributed by atoms with Crippen molar-refractivity contribution >= 4 is 17.4 Å². The number of amides is 1. The lowest BCUT2D eigenvalue weighted by molar-refractivity contribution is -0.119. The molecule has 2 aliphatic heterocycles. The second-order valence-corrected chi connectivity index (χ2v) is 7.29. The molecular formula is C22H25N3O. The number of carbonyl (C=O) groups is 1. The Labute approximate surface area is 154 Å². The van der Waals surface area contributed by atoms with Crippen LogP contribution in [0.25, 0.3) is 0 Å². The Kier molecular flexibility index (Phi) is 4.27. The highest BCUT2D eigenvalue weighted by molar-refractivity contribution is 6.08. The summed E-state index contributed by atoms with van der Waals surface area (Å²) >= 11 is 0. The first-order valence-corrected chi connectivity index (χ1v) is 9.35. The van der Waals surface area contributed by atoms with E-state index in [-0.39, 0.29) is 5.91 Å². The molecule has 1 amide bonds. The summed E-state index contributed by atoms with van der Waals surface area (Å²) in [5.74, 6) is 1.21. The van der Waals surface area contributed by atoms with Crippen LogP contribution < -0.4 is 5.32 Å². The molecule has 2 heterocycles. The molecule has 2 aromatic carbocycles. The van der Waals surface area contributed by atoms with E-state index in [1.807, 2.05) is 24.3 Å². The summed E-state index contributed by atoms with van der Waals surface area (Å²) in [4.78, 5) is 20.0. The third kappa shape index (κ3) is 2.70. The fourth-order valence-corrected chi connectivity index (χ4v) is 4.28. The molecule has 2 aliphatic rings. The second-order valence-electron chi connectivity index (χ2n) is 7.29. The molecule has 1 unspecified atom stereocenters. The average molecular weight is 347 g/mol. The fourth-order valence-electron chi connectivity index (χ4n) is 4.28. The van der Waals surface area contributed by atoms with E-state index in [9.17, 15) is 4.79 Å². The van der Waals surface area contributed by atoms with Gasteiger partial charge in [-0.3, -0.25) is 9.79 Å². The van der Waals surface area contributed by atoms with Gasteiger partial charge in [-0.05, 0) is 43.9 Å². The lowest BCUT2D eigenvalue weighted by atomic mass is 9.72. The molecule has 0 aliphatic carbocycles. The maximum atomic E-state index is 13.2. The number of carbonyl (C=O) groups excluding carboxylic acids is 1. The second kappa shape index (κ2) is 6.60. The smallest absolute Gasteiger partial charge is 0.239 e. The molecule has 26 heavy (non-hydrogen) atoms. The topological polar surface area (TPSA) is 44.7 Å². The molecule has 0 fully saturated rings. The molecule has 4 rings (SSSR count). The van der Waals surface area contributed by atoms with Crippen LogP contribution in [0, 0.1) is 6.92 Å². The highest BCUT2D eigenvalue weighted by Crippen LogP contribution is 2.46. The summed E-state index contributed by atoms with van der Waals surface area (Å²) in [6, 6.07) is 16.5. The summed E-state index contributed by atoms with van der Waals surface area (Å²) < 4.78 is 0. The highest BCUT2D eigenvalue weighted by Gasteiger charge is 2.47. The number of benzene rings is 2. The number of nitrogens with one attached hydrogen (secondary N) is 1. The summed E-state index contributed by atoms with van der Waals surface area (Å²) in [7, 11) is 0. The van der Waals surface area contributed by atoms with Crippen LogP contribution in [0.1, 0.15) is 36.5 Å². The van der Waals surface area contributed by atoms with E-state index >= 15 is 0 Å². The number of hydrogen-bond donors (Lipinski definition) is 1. The molecule has 2 aromatic rings. The van der Waals surface area contributed by atoms with Crippen LogP contribution in [-0.2, 0) is 10.2 Å². The number of anilines is 1. The molecule has 0 bridgehead atoms. The molecule has 4 nitrogen and oxygen atoms in total. The van der Waals surface area contributed by atoms with Crippen LogP contribution in [0.5, 0.6) is 0 Å². The Morgan fingerprint density at radius 3 is 2.69 bits per heavy atom.